The van der Waals surface area contributed by atoms with Crippen molar-refractivity contribution in [1.29, 1.82) is 0 Å². The topological polar surface area (TPSA) is 174 Å². The molecule has 37 heavy (non-hydrogen) atoms. The third-order valence-electron chi connectivity index (χ3n) is 11.2. The van der Waals surface area contributed by atoms with Crippen molar-refractivity contribution in [2.75, 3.05) is 6.61 Å². The molecule has 10 heteroatoms. The highest BCUT2D eigenvalue weighted by molar-refractivity contribution is 5.84. The van der Waals surface area contributed by atoms with Crippen LogP contribution in [0.25, 0.3) is 0 Å². The fourth-order valence-corrected chi connectivity index (χ4v) is 9.31. The maximum atomic E-state index is 13.8. The minimum Gasteiger partial charge on any atom is -0.479 e. The molecule has 4 saturated carbocycles. The predicted molar refractivity (Wildman–Crippen MR) is 128 cm³/mol. The summed E-state index contributed by atoms with van der Waals surface area (Å²) in [6, 6.07) is 0. The minimum absolute atomic E-state index is 0.0554. The SMILES string of the molecule is C[C@]12CC[C@@H](O[C@@H]3O[C@H](C(=O)O)[C@@H](O)[C@@H](O)[C@H]3O)C[C@@H]1CC[C@H]1[C@@H]3CC[C@H]([C@H](O)CO)[C@@]3(C)CC(=O)[C@@H]12. The van der Waals surface area contributed by atoms with Gasteiger partial charge in [-0.3, -0.25) is 4.79 Å². The Morgan fingerprint density at radius 3 is 2.46 bits per heavy atom. The van der Waals surface area contributed by atoms with Crippen LogP contribution in [-0.2, 0) is 19.1 Å². The molecule has 0 aromatic heterocycles. The Morgan fingerprint density at radius 1 is 1.05 bits per heavy atom. The van der Waals surface area contributed by atoms with Crippen molar-refractivity contribution in [3.05, 3.63) is 0 Å². The van der Waals surface area contributed by atoms with Crippen LogP contribution in [0.4, 0.5) is 0 Å². The zero-order valence-electron chi connectivity index (χ0n) is 21.6. The van der Waals surface area contributed by atoms with Gasteiger partial charge in [-0.25, -0.2) is 4.79 Å². The number of hydrogen-bond donors (Lipinski definition) is 6. The van der Waals surface area contributed by atoms with Crippen LogP contribution in [0.3, 0.4) is 0 Å². The van der Waals surface area contributed by atoms with Crippen molar-refractivity contribution in [2.24, 2.45) is 40.4 Å². The number of rotatable bonds is 5. The highest BCUT2D eigenvalue weighted by atomic mass is 16.7. The smallest absolute Gasteiger partial charge is 0.335 e. The second-order valence-electron chi connectivity index (χ2n) is 12.9. The molecule has 6 N–H and O–H groups in total. The zero-order chi connectivity index (χ0) is 26.9. The van der Waals surface area contributed by atoms with E-state index in [-0.39, 0.29) is 53.0 Å². The number of carboxylic acid groups (broad SMARTS) is 1. The van der Waals surface area contributed by atoms with Crippen LogP contribution in [0, 0.1) is 40.4 Å². The summed E-state index contributed by atoms with van der Waals surface area (Å²) < 4.78 is 11.3. The van der Waals surface area contributed by atoms with Gasteiger partial charge in [0, 0.05) is 12.3 Å². The number of carbonyl (C=O) groups is 2. The van der Waals surface area contributed by atoms with Gasteiger partial charge < -0.3 is 40.1 Å². The normalized spacial score (nSPS) is 52.6. The number of carboxylic acids is 1. The van der Waals surface area contributed by atoms with Crippen molar-refractivity contribution >= 4 is 11.8 Å². The number of aliphatic hydroxyl groups excluding tert-OH is 5. The maximum absolute atomic E-state index is 13.8. The number of aliphatic hydroxyl groups is 5. The summed E-state index contributed by atoms with van der Waals surface area (Å²) in [7, 11) is 0. The van der Waals surface area contributed by atoms with Gasteiger partial charge in [0.05, 0.1) is 18.8 Å². The molecule has 10 nitrogen and oxygen atoms in total. The van der Waals surface area contributed by atoms with Crippen LogP contribution >= 0.6 is 0 Å². The van der Waals surface area contributed by atoms with E-state index in [1.54, 1.807) is 0 Å². The van der Waals surface area contributed by atoms with Gasteiger partial charge in [0.2, 0.25) is 0 Å². The summed E-state index contributed by atoms with van der Waals surface area (Å²) >= 11 is 0. The van der Waals surface area contributed by atoms with Gasteiger partial charge in [0.25, 0.3) is 0 Å². The summed E-state index contributed by atoms with van der Waals surface area (Å²) in [6.45, 7) is 4.07. The zero-order valence-corrected chi connectivity index (χ0v) is 21.6. The van der Waals surface area contributed by atoms with Gasteiger partial charge in [0.1, 0.15) is 24.1 Å². The highest BCUT2D eigenvalue weighted by Gasteiger charge is 2.64. The second kappa shape index (κ2) is 9.80. The van der Waals surface area contributed by atoms with Gasteiger partial charge in [-0.05, 0) is 79.4 Å². The third-order valence-corrected chi connectivity index (χ3v) is 11.2. The number of ether oxygens (including phenoxy) is 2. The minimum atomic E-state index is -1.76. The van der Waals surface area contributed by atoms with Gasteiger partial charge in [-0.15, -0.1) is 0 Å². The van der Waals surface area contributed by atoms with Gasteiger partial charge in [0.15, 0.2) is 12.4 Å². The molecule has 0 radical (unpaired) electrons. The second-order valence-corrected chi connectivity index (χ2v) is 12.9. The Morgan fingerprint density at radius 2 is 1.78 bits per heavy atom. The van der Waals surface area contributed by atoms with E-state index in [1.807, 2.05) is 0 Å². The largest absolute Gasteiger partial charge is 0.479 e. The first-order chi connectivity index (χ1) is 17.4. The molecule has 0 spiro atoms. The van der Waals surface area contributed by atoms with Crippen LogP contribution in [0.1, 0.15) is 65.2 Å². The van der Waals surface area contributed by atoms with Crippen LogP contribution < -0.4 is 0 Å². The summed E-state index contributed by atoms with van der Waals surface area (Å²) in [5, 5.41) is 59.8. The first kappa shape index (κ1) is 27.4. The van der Waals surface area contributed by atoms with E-state index in [1.165, 1.54) is 0 Å². The van der Waals surface area contributed by atoms with E-state index in [4.69, 9.17) is 9.47 Å². The highest BCUT2D eigenvalue weighted by Crippen LogP contribution is 2.67. The predicted octanol–water partition coefficient (Wildman–Crippen LogP) is 0.455. The lowest BCUT2D eigenvalue weighted by atomic mass is 9.44. The Kier molecular flexibility index (Phi) is 7.26. The Hall–Kier alpha value is -1.14. The van der Waals surface area contributed by atoms with Crippen LogP contribution in [0.15, 0.2) is 0 Å². The molecule has 210 valence electrons. The van der Waals surface area contributed by atoms with Gasteiger partial charge in [-0.2, -0.15) is 0 Å². The Balaban J connectivity index is 1.29. The molecular weight excluding hydrogens is 484 g/mol. The van der Waals surface area contributed by atoms with Crippen molar-refractivity contribution in [3.8, 4) is 0 Å². The van der Waals surface area contributed by atoms with Crippen molar-refractivity contribution in [2.45, 2.75) is 108 Å². The van der Waals surface area contributed by atoms with Crippen LogP contribution in [0.5, 0.6) is 0 Å². The molecule has 14 atom stereocenters. The number of hydrogen-bond acceptors (Lipinski definition) is 9. The van der Waals surface area contributed by atoms with Crippen molar-refractivity contribution in [1.82, 2.24) is 0 Å². The number of ketones is 1. The maximum Gasteiger partial charge on any atom is 0.335 e. The number of fused-ring (bicyclic) bond motifs is 5. The quantitative estimate of drug-likeness (QED) is 0.276. The first-order valence-corrected chi connectivity index (χ1v) is 13.8. The molecule has 4 aliphatic carbocycles. The standard InChI is InChI=1S/C27H42O10/c1-26-8-7-13(36-25-22(33)20(31)21(32)23(37-25)24(34)35)9-12(26)3-4-14-15-5-6-16(18(30)11-28)27(15,2)10-17(29)19(14)26/h12-16,18-23,25,28,30-33H,3-11H2,1-2H3,(H,34,35)/t12-,13+,14-,15-,16+,18+,19+,20+,21-,22+,23-,25+,26-,27-/m0/s1. The monoisotopic (exact) mass is 526 g/mol. The average Bonchev–Trinajstić information content (AvgIpc) is 3.19. The first-order valence-electron chi connectivity index (χ1n) is 13.8. The summed E-state index contributed by atoms with van der Waals surface area (Å²) in [5.41, 5.74) is -0.481. The summed E-state index contributed by atoms with van der Waals surface area (Å²) in [4.78, 5) is 25.2. The molecule has 0 aromatic rings. The van der Waals surface area contributed by atoms with Crippen LogP contribution in [0.2, 0.25) is 0 Å². The molecule has 0 unspecified atom stereocenters. The van der Waals surface area contributed by atoms with Gasteiger partial charge in [-0.1, -0.05) is 13.8 Å². The van der Waals surface area contributed by atoms with E-state index >= 15 is 0 Å². The lowest BCUT2D eigenvalue weighted by molar-refractivity contribution is -0.309. The fraction of sp³-hybridized carbons (Fsp3) is 0.926. The average molecular weight is 527 g/mol. The van der Waals surface area contributed by atoms with E-state index in [9.17, 15) is 40.2 Å². The fourth-order valence-electron chi connectivity index (χ4n) is 9.31. The lowest BCUT2D eigenvalue weighted by Gasteiger charge is -2.60. The Labute approximate surface area is 217 Å². The molecule has 5 fully saturated rings. The molecule has 1 saturated heterocycles. The molecular formula is C27H42O10. The van der Waals surface area contributed by atoms with Crippen LogP contribution in [-0.4, -0.2) is 91.9 Å². The summed E-state index contributed by atoms with van der Waals surface area (Å²) in [6.07, 6.45) is -3.13. The molecule has 5 aliphatic rings. The number of aliphatic carboxylic acids is 1. The number of carbonyl (C=O) groups excluding carboxylic acids is 1. The molecule has 1 heterocycles. The molecule has 0 amide bonds. The van der Waals surface area contributed by atoms with Gasteiger partial charge >= 0.3 is 5.97 Å². The van der Waals surface area contributed by atoms with E-state index in [0.717, 1.165) is 32.1 Å². The molecule has 1 aliphatic heterocycles. The summed E-state index contributed by atoms with van der Waals surface area (Å²) in [5.74, 6) is -0.470. The molecule has 5 rings (SSSR count). The van der Waals surface area contributed by atoms with E-state index in [0.29, 0.717) is 25.2 Å². The van der Waals surface area contributed by atoms with Crippen molar-refractivity contribution < 1.29 is 49.7 Å². The molecule has 0 aromatic carbocycles. The lowest BCUT2D eigenvalue weighted by Crippen LogP contribution is -2.61. The van der Waals surface area contributed by atoms with E-state index in [2.05, 4.69) is 13.8 Å². The Bertz CT molecular complexity index is 896. The number of Topliss-reactive ketones (excluding diaryl/α,β-unsaturated/α-hetero) is 1. The molecule has 0 bridgehead atoms. The van der Waals surface area contributed by atoms with Crippen molar-refractivity contribution in [3.63, 3.8) is 0 Å². The third kappa shape index (κ3) is 4.27. The van der Waals surface area contributed by atoms with E-state index < -0.39 is 42.8 Å².